The molecule has 0 atom stereocenters. The van der Waals surface area contributed by atoms with Crippen LogP contribution in [0.5, 0.6) is 0 Å². The van der Waals surface area contributed by atoms with Crippen LogP contribution in [0, 0.1) is 0 Å². The Kier molecular flexibility index (Phi) is 4.00. The fourth-order valence-electron chi connectivity index (χ4n) is 1.22. The highest BCUT2D eigenvalue weighted by molar-refractivity contribution is 6.17. The number of esters is 1. The summed E-state index contributed by atoms with van der Waals surface area (Å²) in [5.41, 5.74) is 4.59. The number of nitrogens with zero attached hydrogens (tertiary/aromatic N) is 1. The van der Waals surface area contributed by atoms with Crippen LogP contribution in [0.4, 0.5) is 14.6 Å². The Morgan fingerprint density at radius 1 is 1.69 bits per heavy atom. The van der Waals surface area contributed by atoms with Gasteiger partial charge in [-0.1, -0.05) is 0 Å². The molecule has 1 aromatic rings. The molecule has 7 heteroatoms. The lowest BCUT2D eigenvalue weighted by Crippen LogP contribution is -2.11. The topological polar surface area (TPSA) is 65.2 Å². The van der Waals surface area contributed by atoms with Crippen molar-refractivity contribution in [3.63, 3.8) is 0 Å². The number of methoxy groups -OCH3 is 1. The van der Waals surface area contributed by atoms with Gasteiger partial charge >= 0.3 is 5.97 Å². The average Bonchev–Trinajstić information content (AvgIpc) is 2.26. The molecule has 0 aromatic carbocycles. The van der Waals surface area contributed by atoms with Crippen molar-refractivity contribution in [1.82, 2.24) is 4.98 Å². The van der Waals surface area contributed by atoms with Crippen LogP contribution >= 0.6 is 11.6 Å². The van der Waals surface area contributed by atoms with Crippen molar-refractivity contribution in [3.8, 4) is 0 Å². The fraction of sp³-hybridized carbons (Fsp3) is 0.333. The Morgan fingerprint density at radius 2 is 2.31 bits per heavy atom. The smallest absolute Gasteiger partial charge is 0.338 e. The zero-order chi connectivity index (χ0) is 12.3. The summed E-state index contributed by atoms with van der Waals surface area (Å²) >= 11 is 5.51. The van der Waals surface area contributed by atoms with Crippen LogP contribution in [0.25, 0.3) is 0 Å². The highest BCUT2D eigenvalue weighted by atomic mass is 35.5. The minimum Gasteiger partial charge on any atom is -0.465 e. The Labute approximate surface area is 95.4 Å². The van der Waals surface area contributed by atoms with E-state index in [1.165, 1.54) is 0 Å². The van der Waals surface area contributed by atoms with E-state index in [2.05, 4.69) is 9.72 Å². The van der Waals surface area contributed by atoms with E-state index in [9.17, 15) is 13.6 Å². The lowest BCUT2D eigenvalue weighted by atomic mass is 10.1. The van der Waals surface area contributed by atoms with Crippen LogP contribution in [0.2, 0.25) is 0 Å². The number of alkyl halides is 3. The first-order chi connectivity index (χ1) is 7.51. The van der Waals surface area contributed by atoms with E-state index in [1.807, 2.05) is 0 Å². The summed E-state index contributed by atoms with van der Waals surface area (Å²) in [6.07, 6.45) is -2.85. The maximum Gasteiger partial charge on any atom is 0.338 e. The summed E-state index contributed by atoms with van der Waals surface area (Å²) in [6, 6.07) is 1.16. The molecular weight excluding hydrogens is 242 g/mol. The Morgan fingerprint density at radius 3 is 2.75 bits per heavy atom. The van der Waals surface area contributed by atoms with Crippen LogP contribution in [0.15, 0.2) is 6.07 Å². The Bertz CT molecular complexity index is 413. The monoisotopic (exact) mass is 250 g/mol. The molecule has 0 aliphatic heterocycles. The van der Waals surface area contributed by atoms with Gasteiger partial charge in [-0.2, -0.15) is 0 Å². The lowest BCUT2D eigenvalue weighted by molar-refractivity contribution is 0.0599. The molecule has 1 aromatic heterocycles. The van der Waals surface area contributed by atoms with Crippen molar-refractivity contribution < 1.29 is 18.3 Å². The van der Waals surface area contributed by atoms with Gasteiger partial charge in [-0.25, -0.2) is 18.6 Å². The number of anilines is 1. The van der Waals surface area contributed by atoms with Gasteiger partial charge in [-0.05, 0) is 6.07 Å². The fourth-order valence-corrected chi connectivity index (χ4v) is 1.51. The van der Waals surface area contributed by atoms with Crippen LogP contribution in [0.3, 0.4) is 0 Å². The van der Waals surface area contributed by atoms with Crippen LogP contribution in [-0.2, 0) is 10.6 Å². The number of aromatic nitrogens is 1. The normalized spacial score (nSPS) is 10.6. The number of pyridine rings is 1. The molecule has 0 aliphatic rings. The molecule has 0 spiro atoms. The Balaban J connectivity index is 3.41. The molecular formula is C9H9ClF2N2O2. The second-order valence-electron chi connectivity index (χ2n) is 2.88. The molecule has 0 radical (unpaired) electrons. The lowest BCUT2D eigenvalue weighted by Gasteiger charge is -2.11. The van der Waals surface area contributed by atoms with Crippen molar-refractivity contribution in [1.29, 1.82) is 0 Å². The molecule has 0 saturated heterocycles. The number of carbonyl (C=O) groups excluding carboxylic acids is 1. The third-order valence-corrected chi connectivity index (χ3v) is 2.19. The molecule has 1 heterocycles. The van der Waals surface area contributed by atoms with Crippen molar-refractivity contribution in [2.45, 2.75) is 12.3 Å². The third-order valence-electron chi connectivity index (χ3n) is 1.92. The van der Waals surface area contributed by atoms with Crippen molar-refractivity contribution in [2.75, 3.05) is 12.8 Å². The molecule has 1 rings (SSSR count). The highest BCUT2D eigenvalue weighted by Gasteiger charge is 2.22. The summed E-state index contributed by atoms with van der Waals surface area (Å²) in [6.45, 7) is 0. The first-order valence-corrected chi connectivity index (χ1v) is 4.76. The number of carbonyl (C=O) groups is 1. The highest BCUT2D eigenvalue weighted by Crippen LogP contribution is 2.27. The van der Waals surface area contributed by atoms with E-state index in [4.69, 9.17) is 17.3 Å². The molecule has 0 unspecified atom stereocenters. The first kappa shape index (κ1) is 12.6. The maximum atomic E-state index is 12.6. The van der Waals surface area contributed by atoms with E-state index in [1.54, 1.807) is 0 Å². The average molecular weight is 251 g/mol. The SMILES string of the molecule is COC(=O)c1cc(N)nc(C(F)F)c1CCl. The molecule has 0 bridgehead atoms. The van der Waals surface area contributed by atoms with Gasteiger partial charge in [0, 0.05) is 5.56 Å². The number of rotatable bonds is 3. The van der Waals surface area contributed by atoms with E-state index >= 15 is 0 Å². The number of halogens is 3. The summed E-state index contributed by atoms with van der Waals surface area (Å²) in [5, 5.41) is 0. The van der Waals surface area contributed by atoms with Gasteiger partial charge in [-0.3, -0.25) is 0 Å². The van der Waals surface area contributed by atoms with E-state index in [0.29, 0.717) is 0 Å². The number of nitrogens with two attached hydrogens (primary N) is 1. The molecule has 0 amide bonds. The molecule has 0 fully saturated rings. The number of hydrogen-bond donors (Lipinski definition) is 1. The van der Waals surface area contributed by atoms with Crippen LogP contribution < -0.4 is 5.73 Å². The quantitative estimate of drug-likeness (QED) is 0.659. The number of ether oxygens (including phenoxy) is 1. The molecule has 0 saturated carbocycles. The van der Waals surface area contributed by atoms with Crippen molar-refractivity contribution >= 4 is 23.4 Å². The molecule has 4 nitrogen and oxygen atoms in total. The van der Waals surface area contributed by atoms with E-state index in [0.717, 1.165) is 13.2 Å². The summed E-state index contributed by atoms with van der Waals surface area (Å²) < 4.78 is 29.7. The predicted octanol–water partition coefficient (Wildman–Crippen LogP) is 2.13. The van der Waals surface area contributed by atoms with Gasteiger partial charge in [0.2, 0.25) is 0 Å². The van der Waals surface area contributed by atoms with Gasteiger partial charge in [-0.15, -0.1) is 11.6 Å². The molecule has 2 N–H and O–H groups in total. The third kappa shape index (κ3) is 2.38. The van der Waals surface area contributed by atoms with Gasteiger partial charge in [0.25, 0.3) is 6.43 Å². The van der Waals surface area contributed by atoms with Crippen molar-refractivity contribution in [3.05, 3.63) is 22.9 Å². The second kappa shape index (κ2) is 5.07. The van der Waals surface area contributed by atoms with Gasteiger partial charge in [0.15, 0.2) is 0 Å². The first-order valence-electron chi connectivity index (χ1n) is 4.23. The van der Waals surface area contributed by atoms with E-state index in [-0.39, 0.29) is 22.8 Å². The maximum absolute atomic E-state index is 12.6. The standard InChI is InChI=1S/C9H9ClF2N2O2/c1-16-9(15)4-2-6(13)14-7(8(11)12)5(4)3-10/h2,8H,3H2,1H3,(H2,13,14). The van der Waals surface area contributed by atoms with Crippen LogP contribution in [-0.4, -0.2) is 18.1 Å². The zero-order valence-electron chi connectivity index (χ0n) is 8.34. The summed E-state index contributed by atoms with van der Waals surface area (Å²) in [5.74, 6) is -1.21. The van der Waals surface area contributed by atoms with E-state index < -0.39 is 18.1 Å². The molecule has 88 valence electrons. The summed E-state index contributed by atoms with van der Waals surface area (Å²) in [7, 11) is 1.14. The number of hydrogen-bond acceptors (Lipinski definition) is 4. The van der Waals surface area contributed by atoms with Gasteiger partial charge in [0.1, 0.15) is 11.5 Å². The van der Waals surface area contributed by atoms with Gasteiger partial charge in [0.05, 0.1) is 18.6 Å². The zero-order valence-corrected chi connectivity index (χ0v) is 9.09. The predicted molar refractivity (Wildman–Crippen MR) is 54.5 cm³/mol. The minimum absolute atomic E-state index is 0.0577. The summed E-state index contributed by atoms with van der Waals surface area (Å²) in [4.78, 5) is 14.8. The van der Waals surface area contributed by atoms with Gasteiger partial charge < -0.3 is 10.5 Å². The Hall–Kier alpha value is -1.43. The van der Waals surface area contributed by atoms with Crippen molar-refractivity contribution in [2.24, 2.45) is 0 Å². The largest absolute Gasteiger partial charge is 0.465 e. The molecule has 16 heavy (non-hydrogen) atoms. The second-order valence-corrected chi connectivity index (χ2v) is 3.15. The number of nitrogen functional groups attached to an aromatic ring is 1. The minimum atomic E-state index is -2.85. The van der Waals surface area contributed by atoms with Crippen LogP contribution in [0.1, 0.15) is 28.0 Å². The molecule has 0 aliphatic carbocycles.